The van der Waals surface area contributed by atoms with Gasteiger partial charge in [0.2, 0.25) is 11.8 Å². The van der Waals surface area contributed by atoms with Crippen molar-refractivity contribution in [1.29, 1.82) is 0 Å². The van der Waals surface area contributed by atoms with Crippen LogP contribution in [0.4, 0.5) is 5.69 Å². The van der Waals surface area contributed by atoms with Crippen LogP contribution in [0.1, 0.15) is 44.9 Å². The second-order valence-corrected chi connectivity index (χ2v) is 8.26. The molecular weight excluding hydrogens is 360 g/mol. The second kappa shape index (κ2) is 10.1. The van der Waals surface area contributed by atoms with Gasteiger partial charge in [-0.3, -0.25) is 9.59 Å². The van der Waals surface area contributed by atoms with Crippen LogP contribution in [0, 0.1) is 5.92 Å². The molecule has 0 spiro atoms. The molecule has 1 saturated heterocycles. The third-order valence-corrected chi connectivity index (χ3v) is 6.15. The number of carbonyl (C=O) groups excluding carboxylic acids is 2. The number of nitrogens with zero attached hydrogens (tertiary/aromatic N) is 1. The smallest absolute Gasteiger partial charge is 0.227 e. The summed E-state index contributed by atoms with van der Waals surface area (Å²) in [5.41, 5.74) is 0.869. The van der Waals surface area contributed by atoms with Gasteiger partial charge in [0.25, 0.3) is 0 Å². The highest BCUT2D eigenvalue weighted by atomic mass is 32.2. The molecule has 1 N–H and O–H groups in total. The molecule has 1 aromatic rings. The fraction of sp³-hybridized carbons (Fsp3) is 0.619. The van der Waals surface area contributed by atoms with Crippen molar-refractivity contribution < 1.29 is 14.3 Å². The van der Waals surface area contributed by atoms with Crippen LogP contribution in [0.25, 0.3) is 0 Å². The average molecular weight is 391 g/mol. The Kier molecular flexibility index (Phi) is 7.59. The first-order valence-electron chi connectivity index (χ1n) is 10.0. The van der Waals surface area contributed by atoms with Crippen LogP contribution in [-0.2, 0) is 14.3 Å². The molecule has 2 aliphatic rings. The number of anilines is 1. The first kappa shape index (κ1) is 20.2. The van der Waals surface area contributed by atoms with E-state index in [-0.39, 0.29) is 24.2 Å². The van der Waals surface area contributed by atoms with Crippen LogP contribution < -0.4 is 10.2 Å². The summed E-state index contributed by atoms with van der Waals surface area (Å²) in [5, 5.41) is 2.97. The molecule has 1 aliphatic carbocycles. The Labute approximate surface area is 166 Å². The van der Waals surface area contributed by atoms with Crippen molar-refractivity contribution in [2.45, 2.75) is 55.9 Å². The summed E-state index contributed by atoms with van der Waals surface area (Å²) >= 11 is 1.67. The first-order chi connectivity index (χ1) is 13.2. The van der Waals surface area contributed by atoms with Gasteiger partial charge >= 0.3 is 0 Å². The molecule has 148 valence electrons. The van der Waals surface area contributed by atoms with Crippen molar-refractivity contribution >= 4 is 29.3 Å². The second-order valence-electron chi connectivity index (χ2n) is 7.38. The summed E-state index contributed by atoms with van der Waals surface area (Å²) in [5.74, 6) is -0.270. The van der Waals surface area contributed by atoms with Crippen LogP contribution in [0.15, 0.2) is 29.2 Å². The molecule has 1 aliphatic heterocycles. The summed E-state index contributed by atoms with van der Waals surface area (Å²) in [4.78, 5) is 27.6. The van der Waals surface area contributed by atoms with Gasteiger partial charge < -0.3 is 15.0 Å². The zero-order chi connectivity index (χ0) is 19.1. The van der Waals surface area contributed by atoms with Crippen molar-refractivity contribution in [2.24, 2.45) is 5.92 Å². The van der Waals surface area contributed by atoms with E-state index in [1.807, 2.05) is 30.5 Å². The molecule has 0 bridgehead atoms. The molecule has 2 fully saturated rings. The minimum atomic E-state index is -0.267. The minimum Gasteiger partial charge on any atom is -0.378 e. The van der Waals surface area contributed by atoms with Gasteiger partial charge in [0.15, 0.2) is 0 Å². The van der Waals surface area contributed by atoms with Gasteiger partial charge in [0.05, 0.1) is 12.0 Å². The van der Waals surface area contributed by atoms with Crippen LogP contribution in [0.3, 0.4) is 0 Å². The molecule has 2 amide bonds. The molecule has 0 radical (unpaired) electrons. The number of hydrogen-bond acceptors (Lipinski definition) is 4. The van der Waals surface area contributed by atoms with Gasteiger partial charge in [-0.05, 0) is 49.8 Å². The Morgan fingerprint density at radius 2 is 1.96 bits per heavy atom. The Balaban J connectivity index is 1.38. The Hall–Kier alpha value is -1.53. The lowest BCUT2D eigenvalue weighted by Gasteiger charge is -2.22. The minimum absolute atomic E-state index is 0.0210. The van der Waals surface area contributed by atoms with E-state index in [4.69, 9.17) is 4.74 Å². The number of thioether (sulfide) groups is 1. The highest BCUT2D eigenvalue weighted by Gasteiger charge is 2.34. The SMILES string of the molecule is CSc1ccc(N2C[C@H](C(=O)NCCCOC3CCCCC3)CC2=O)cc1. The summed E-state index contributed by atoms with van der Waals surface area (Å²) in [6.45, 7) is 1.77. The molecule has 1 heterocycles. The maximum atomic E-state index is 12.4. The lowest BCUT2D eigenvalue weighted by molar-refractivity contribution is -0.126. The van der Waals surface area contributed by atoms with Gasteiger partial charge in [-0.15, -0.1) is 11.8 Å². The highest BCUT2D eigenvalue weighted by Crippen LogP contribution is 2.27. The van der Waals surface area contributed by atoms with Crippen molar-refractivity contribution in [3.8, 4) is 0 Å². The molecular formula is C21H30N2O3S. The van der Waals surface area contributed by atoms with Gasteiger partial charge in [-0.2, -0.15) is 0 Å². The van der Waals surface area contributed by atoms with Crippen molar-refractivity contribution in [1.82, 2.24) is 5.32 Å². The zero-order valence-electron chi connectivity index (χ0n) is 16.1. The van der Waals surface area contributed by atoms with E-state index in [0.29, 0.717) is 25.8 Å². The highest BCUT2D eigenvalue weighted by molar-refractivity contribution is 7.98. The van der Waals surface area contributed by atoms with E-state index in [9.17, 15) is 9.59 Å². The van der Waals surface area contributed by atoms with Gasteiger partial charge in [0.1, 0.15) is 0 Å². The topological polar surface area (TPSA) is 58.6 Å². The number of rotatable bonds is 8. The summed E-state index contributed by atoms with van der Waals surface area (Å²) in [7, 11) is 0. The van der Waals surface area contributed by atoms with E-state index in [1.54, 1.807) is 16.7 Å². The van der Waals surface area contributed by atoms with E-state index in [2.05, 4.69) is 5.32 Å². The Morgan fingerprint density at radius 1 is 1.22 bits per heavy atom. The molecule has 5 nitrogen and oxygen atoms in total. The van der Waals surface area contributed by atoms with Crippen molar-refractivity contribution in [3.05, 3.63) is 24.3 Å². The van der Waals surface area contributed by atoms with Gasteiger partial charge in [-0.1, -0.05) is 19.3 Å². The number of benzene rings is 1. The summed E-state index contributed by atoms with van der Waals surface area (Å²) < 4.78 is 5.89. The van der Waals surface area contributed by atoms with Crippen LogP contribution in [0.2, 0.25) is 0 Å². The molecule has 0 unspecified atom stereocenters. The molecule has 27 heavy (non-hydrogen) atoms. The normalized spacial score (nSPS) is 20.9. The third-order valence-electron chi connectivity index (χ3n) is 5.41. The molecule has 1 atom stereocenters. The lowest BCUT2D eigenvalue weighted by atomic mass is 9.98. The van der Waals surface area contributed by atoms with Crippen molar-refractivity contribution in [2.75, 3.05) is 30.9 Å². The fourth-order valence-corrected chi connectivity index (χ4v) is 4.21. The molecule has 6 heteroatoms. The molecule has 1 aromatic carbocycles. The lowest BCUT2D eigenvalue weighted by Crippen LogP contribution is -2.34. The van der Waals surface area contributed by atoms with Crippen LogP contribution in [-0.4, -0.2) is 43.9 Å². The van der Waals surface area contributed by atoms with Crippen LogP contribution in [0.5, 0.6) is 0 Å². The predicted octanol–water partition coefficient (Wildman–Crippen LogP) is 3.62. The average Bonchev–Trinajstić information content (AvgIpc) is 3.10. The zero-order valence-corrected chi connectivity index (χ0v) is 16.9. The maximum absolute atomic E-state index is 12.4. The quantitative estimate of drug-likeness (QED) is 0.544. The van der Waals surface area contributed by atoms with E-state index in [1.165, 1.54) is 32.1 Å². The molecule has 0 aromatic heterocycles. The van der Waals surface area contributed by atoms with E-state index in [0.717, 1.165) is 17.0 Å². The fourth-order valence-electron chi connectivity index (χ4n) is 3.80. The summed E-state index contributed by atoms with van der Waals surface area (Å²) in [6, 6.07) is 7.92. The van der Waals surface area contributed by atoms with Gasteiger partial charge in [0, 0.05) is 36.7 Å². The van der Waals surface area contributed by atoms with Gasteiger partial charge in [-0.25, -0.2) is 0 Å². The standard InChI is InChI=1S/C21H30N2O3S/c1-27-19-10-8-17(9-11-19)23-15-16(14-20(23)24)21(25)22-12-5-13-26-18-6-3-2-4-7-18/h8-11,16,18H,2-7,12-15H2,1H3,(H,22,25)/t16-/m1/s1. The first-order valence-corrected chi connectivity index (χ1v) is 11.2. The maximum Gasteiger partial charge on any atom is 0.227 e. The number of nitrogens with one attached hydrogen (secondary N) is 1. The van der Waals surface area contributed by atoms with Crippen molar-refractivity contribution in [3.63, 3.8) is 0 Å². The monoisotopic (exact) mass is 390 g/mol. The molecule has 1 saturated carbocycles. The third kappa shape index (κ3) is 5.72. The van der Waals surface area contributed by atoms with Crippen LogP contribution >= 0.6 is 11.8 Å². The summed E-state index contributed by atoms with van der Waals surface area (Å²) in [6.07, 6.45) is 9.76. The number of hydrogen-bond donors (Lipinski definition) is 1. The predicted molar refractivity (Wildman–Crippen MR) is 109 cm³/mol. The van der Waals surface area contributed by atoms with E-state index < -0.39 is 0 Å². The molecule has 3 rings (SSSR count). The largest absolute Gasteiger partial charge is 0.378 e. The number of amides is 2. The Bertz CT molecular complexity index is 629. The number of ether oxygens (including phenoxy) is 1. The van der Waals surface area contributed by atoms with E-state index >= 15 is 0 Å². The Morgan fingerprint density at radius 3 is 2.67 bits per heavy atom. The number of carbonyl (C=O) groups is 2.